The fourth-order valence-electron chi connectivity index (χ4n) is 4.21. The van der Waals surface area contributed by atoms with Crippen molar-refractivity contribution in [3.63, 3.8) is 0 Å². The van der Waals surface area contributed by atoms with Gasteiger partial charge < -0.3 is 10.2 Å². The normalized spacial score (nSPS) is 11.8. The molecule has 3 aromatic carbocycles. The van der Waals surface area contributed by atoms with Crippen LogP contribution >= 0.6 is 23.2 Å². The van der Waals surface area contributed by atoms with Crippen LogP contribution in [-0.4, -0.2) is 29.3 Å². The summed E-state index contributed by atoms with van der Waals surface area (Å²) >= 11 is 12.6. The molecule has 0 aromatic heterocycles. The van der Waals surface area contributed by atoms with E-state index < -0.39 is 6.04 Å². The minimum atomic E-state index is -0.604. The van der Waals surface area contributed by atoms with Gasteiger partial charge in [0.25, 0.3) is 0 Å². The van der Waals surface area contributed by atoms with Gasteiger partial charge in [0.1, 0.15) is 6.04 Å². The minimum absolute atomic E-state index is 0.104. The van der Waals surface area contributed by atoms with Gasteiger partial charge in [0.15, 0.2) is 0 Å². The van der Waals surface area contributed by atoms with Gasteiger partial charge in [-0.05, 0) is 41.7 Å². The van der Waals surface area contributed by atoms with Crippen molar-refractivity contribution in [2.45, 2.75) is 51.6 Å². The molecule has 0 fully saturated rings. The van der Waals surface area contributed by atoms with Crippen molar-refractivity contribution in [1.82, 2.24) is 10.2 Å². The highest BCUT2D eigenvalue weighted by Crippen LogP contribution is 2.30. The van der Waals surface area contributed by atoms with E-state index in [9.17, 15) is 9.59 Å². The predicted molar refractivity (Wildman–Crippen MR) is 144 cm³/mol. The zero-order chi connectivity index (χ0) is 25.2. The molecule has 0 spiro atoms. The van der Waals surface area contributed by atoms with Crippen molar-refractivity contribution in [3.8, 4) is 0 Å². The molecule has 0 saturated heterocycles. The molecule has 1 N–H and O–H groups in total. The van der Waals surface area contributed by atoms with Crippen LogP contribution in [-0.2, 0) is 16.1 Å². The predicted octanol–water partition coefficient (Wildman–Crippen LogP) is 6.85. The van der Waals surface area contributed by atoms with Crippen LogP contribution in [0.25, 0.3) is 0 Å². The third-order valence-electron chi connectivity index (χ3n) is 6.07. The third kappa shape index (κ3) is 7.33. The monoisotopic (exact) mass is 510 g/mol. The second-order valence-electron chi connectivity index (χ2n) is 8.55. The van der Waals surface area contributed by atoms with Crippen molar-refractivity contribution in [3.05, 3.63) is 106 Å². The number of halogens is 2. The maximum Gasteiger partial charge on any atom is 0.242 e. The molecule has 35 heavy (non-hydrogen) atoms. The number of nitrogens with zero attached hydrogens (tertiary/aromatic N) is 1. The van der Waals surface area contributed by atoms with Crippen LogP contribution in [0.5, 0.6) is 0 Å². The van der Waals surface area contributed by atoms with Gasteiger partial charge in [-0.25, -0.2) is 0 Å². The standard InChI is InChI=1S/C29H32Cl2N2O2/c1-3-17-32-29(35)27(4-2)33(20-23-15-16-24(30)18-26(23)31)28(34)19-25(21-11-7-5-8-12-21)22-13-9-6-10-14-22/h5-16,18,25,27H,3-4,17,19-20H2,1-2H3,(H,32,35)/t27-/m0/s1. The van der Waals surface area contributed by atoms with Crippen molar-refractivity contribution in [2.24, 2.45) is 0 Å². The molecule has 3 aromatic rings. The lowest BCUT2D eigenvalue weighted by Gasteiger charge is -2.32. The number of nitrogens with one attached hydrogen (secondary N) is 1. The summed E-state index contributed by atoms with van der Waals surface area (Å²) < 4.78 is 0. The number of carbonyl (C=O) groups is 2. The van der Waals surface area contributed by atoms with Crippen molar-refractivity contribution >= 4 is 35.0 Å². The number of carbonyl (C=O) groups excluding carboxylic acids is 2. The Morgan fingerprint density at radius 1 is 0.886 bits per heavy atom. The molecule has 184 valence electrons. The van der Waals surface area contributed by atoms with E-state index in [0.29, 0.717) is 23.0 Å². The summed E-state index contributed by atoms with van der Waals surface area (Å²) in [4.78, 5) is 28.7. The topological polar surface area (TPSA) is 49.4 Å². The van der Waals surface area contributed by atoms with Gasteiger partial charge in [-0.3, -0.25) is 9.59 Å². The minimum Gasteiger partial charge on any atom is -0.354 e. The van der Waals surface area contributed by atoms with E-state index in [4.69, 9.17) is 23.2 Å². The molecule has 4 nitrogen and oxygen atoms in total. The fourth-order valence-corrected chi connectivity index (χ4v) is 4.68. The Balaban J connectivity index is 1.96. The van der Waals surface area contributed by atoms with E-state index in [1.165, 1.54) is 0 Å². The first-order chi connectivity index (χ1) is 16.9. The Labute approximate surface area is 218 Å². The first kappa shape index (κ1) is 26.8. The zero-order valence-corrected chi connectivity index (χ0v) is 21.7. The Morgan fingerprint density at radius 2 is 1.49 bits per heavy atom. The van der Waals surface area contributed by atoms with Gasteiger partial charge in [0.2, 0.25) is 11.8 Å². The molecular weight excluding hydrogens is 479 g/mol. The highest BCUT2D eigenvalue weighted by molar-refractivity contribution is 6.35. The van der Waals surface area contributed by atoms with Crippen LogP contribution in [0.15, 0.2) is 78.9 Å². The summed E-state index contributed by atoms with van der Waals surface area (Å²) in [5.74, 6) is -0.389. The summed E-state index contributed by atoms with van der Waals surface area (Å²) in [6, 6.07) is 24.6. The molecule has 0 bridgehead atoms. The maximum absolute atomic E-state index is 13.9. The van der Waals surface area contributed by atoms with Crippen LogP contribution < -0.4 is 5.32 Å². The van der Waals surface area contributed by atoms with E-state index in [-0.39, 0.29) is 30.7 Å². The summed E-state index contributed by atoms with van der Waals surface area (Å²) in [6.45, 7) is 4.71. The van der Waals surface area contributed by atoms with E-state index in [2.05, 4.69) is 5.32 Å². The van der Waals surface area contributed by atoms with E-state index in [0.717, 1.165) is 23.1 Å². The molecule has 2 amide bonds. The first-order valence-electron chi connectivity index (χ1n) is 12.1. The van der Waals surface area contributed by atoms with Crippen molar-refractivity contribution in [1.29, 1.82) is 0 Å². The Morgan fingerprint density at radius 3 is 2.00 bits per heavy atom. The second-order valence-corrected chi connectivity index (χ2v) is 9.39. The molecular formula is C29H32Cl2N2O2. The lowest BCUT2D eigenvalue weighted by Crippen LogP contribution is -2.49. The summed E-state index contributed by atoms with van der Waals surface area (Å²) in [7, 11) is 0. The summed E-state index contributed by atoms with van der Waals surface area (Å²) in [6.07, 6.45) is 1.55. The van der Waals surface area contributed by atoms with Crippen LogP contribution in [0.1, 0.15) is 55.7 Å². The van der Waals surface area contributed by atoms with Gasteiger partial charge in [0.05, 0.1) is 0 Å². The number of benzene rings is 3. The molecule has 0 saturated carbocycles. The molecule has 1 atom stereocenters. The Bertz CT molecular complexity index is 1070. The molecule has 3 rings (SSSR count). The molecule has 0 heterocycles. The van der Waals surface area contributed by atoms with Crippen LogP contribution in [0, 0.1) is 0 Å². The highest BCUT2D eigenvalue weighted by Gasteiger charge is 2.31. The Kier molecular flexibility index (Phi) is 10.2. The van der Waals surface area contributed by atoms with Crippen LogP contribution in [0.4, 0.5) is 0 Å². The van der Waals surface area contributed by atoms with Gasteiger partial charge in [-0.2, -0.15) is 0 Å². The average Bonchev–Trinajstić information content (AvgIpc) is 2.88. The van der Waals surface area contributed by atoms with E-state index in [1.807, 2.05) is 80.6 Å². The SMILES string of the molecule is CCCNC(=O)[C@H](CC)N(Cc1ccc(Cl)cc1Cl)C(=O)CC(c1ccccc1)c1ccccc1. The smallest absolute Gasteiger partial charge is 0.242 e. The van der Waals surface area contributed by atoms with Gasteiger partial charge in [-0.15, -0.1) is 0 Å². The molecule has 0 aliphatic heterocycles. The first-order valence-corrected chi connectivity index (χ1v) is 12.8. The van der Waals surface area contributed by atoms with Gasteiger partial charge in [0, 0.05) is 35.5 Å². The quantitative estimate of drug-likeness (QED) is 0.306. The number of amides is 2. The fraction of sp³-hybridized carbons (Fsp3) is 0.310. The molecule has 0 aliphatic rings. The third-order valence-corrected chi connectivity index (χ3v) is 6.66. The second kappa shape index (κ2) is 13.3. The van der Waals surface area contributed by atoms with Crippen molar-refractivity contribution in [2.75, 3.05) is 6.54 Å². The maximum atomic E-state index is 13.9. The highest BCUT2D eigenvalue weighted by atomic mass is 35.5. The molecule has 0 radical (unpaired) electrons. The van der Waals surface area contributed by atoms with E-state index >= 15 is 0 Å². The molecule has 0 unspecified atom stereocenters. The average molecular weight is 511 g/mol. The van der Waals surface area contributed by atoms with Gasteiger partial charge >= 0.3 is 0 Å². The number of hydrogen-bond acceptors (Lipinski definition) is 2. The van der Waals surface area contributed by atoms with Crippen LogP contribution in [0.2, 0.25) is 10.0 Å². The summed E-state index contributed by atoms with van der Waals surface area (Å²) in [5.41, 5.74) is 2.86. The lowest BCUT2D eigenvalue weighted by atomic mass is 9.88. The number of hydrogen-bond donors (Lipinski definition) is 1. The largest absolute Gasteiger partial charge is 0.354 e. The number of rotatable bonds is 11. The summed E-state index contributed by atoms with van der Waals surface area (Å²) in [5, 5.41) is 3.96. The molecule has 0 aliphatic carbocycles. The zero-order valence-electron chi connectivity index (χ0n) is 20.2. The van der Waals surface area contributed by atoms with Crippen LogP contribution in [0.3, 0.4) is 0 Å². The van der Waals surface area contributed by atoms with Crippen molar-refractivity contribution < 1.29 is 9.59 Å². The van der Waals surface area contributed by atoms with Gasteiger partial charge in [-0.1, -0.05) is 104 Å². The van der Waals surface area contributed by atoms with E-state index in [1.54, 1.807) is 17.0 Å². The Hall–Kier alpha value is -2.82. The molecule has 6 heteroatoms. The lowest BCUT2D eigenvalue weighted by molar-refractivity contribution is -0.141.